The van der Waals surface area contributed by atoms with Gasteiger partial charge in [0, 0.05) is 33.8 Å². The van der Waals surface area contributed by atoms with Crippen LogP contribution in [0.5, 0.6) is 0 Å². The topological polar surface area (TPSA) is 55.1 Å². The lowest BCUT2D eigenvalue weighted by Crippen LogP contribution is -2.34. The molecule has 1 N–H and O–H groups in total. The summed E-state index contributed by atoms with van der Waals surface area (Å²) in [6.07, 6.45) is 0.804. The van der Waals surface area contributed by atoms with E-state index in [1.807, 2.05) is 43.5 Å². The number of carbonyl (C=O) groups is 1. The summed E-state index contributed by atoms with van der Waals surface area (Å²) in [6.45, 7) is 4.01. The molecule has 1 unspecified atom stereocenters. The molecule has 0 spiro atoms. The molecule has 4 nitrogen and oxygen atoms in total. The first-order chi connectivity index (χ1) is 13.6. The van der Waals surface area contributed by atoms with Gasteiger partial charge in [-0.1, -0.05) is 30.0 Å². The molecule has 3 heterocycles. The van der Waals surface area contributed by atoms with Crippen molar-refractivity contribution >= 4 is 51.3 Å². The van der Waals surface area contributed by atoms with Gasteiger partial charge in [-0.3, -0.25) is 4.79 Å². The number of hydrogen-bond acceptors (Lipinski definition) is 6. The van der Waals surface area contributed by atoms with Gasteiger partial charge < -0.3 is 9.73 Å². The van der Waals surface area contributed by atoms with Gasteiger partial charge in [0.05, 0.1) is 0 Å². The second-order valence-electron chi connectivity index (χ2n) is 6.66. The second-order valence-corrected chi connectivity index (χ2v) is 9.52. The molecule has 28 heavy (non-hydrogen) atoms. The van der Waals surface area contributed by atoms with Gasteiger partial charge in [-0.05, 0) is 48.7 Å². The fourth-order valence-electron chi connectivity index (χ4n) is 3.06. The molecular weight excluding hydrogens is 408 g/mol. The van der Waals surface area contributed by atoms with Crippen molar-refractivity contribution in [2.75, 3.05) is 0 Å². The second kappa shape index (κ2) is 8.51. The smallest absolute Gasteiger partial charge is 0.287 e. The molecule has 1 atom stereocenters. The third-order valence-electron chi connectivity index (χ3n) is 4.34. The molecule has 0 fully saturated rings. The van der Waals surface area contributed by atoms with Gasteiger partial charge in [0.25, 0.3) is 5.91 Å². The number of aromatic nitrogens is 1. The first kappa shape index (κ1) is 19.2. The zero-order valence-corrected chi connectivity index (χ0v) is 18.0. The number of aryl methyl sites for hydroxylation is 1. The Hall–Kier alpha value is -2.09. The van der Waals surface area contributed by atoms with Crippen LogP contribution in [-0.4, -0.2) is 16.9 Å². The predicted octanol–water partition coefficient (Wildman–Crippen LogP) is 5.91. The van der Waals surface area contributed by atoms with Gasteiger partial charge in [0.2, 0.25) is 0 Å². The summed E-state index contributed by atoms with van der Waals surface area (Å²) in [5.74, 6) is 0.884. The van der Waals surface area contributed by atoms with Gasteiger partial charge in [-0.25, -0.2) is 4.98 Å². The summed E-state index contributed by atoms with van der Waals surface area (Å²) in [5.41, 5.74) is 3.92. The number of para-hydroxylation sites is 1. The number of thioether (sulfide) groups is 1. The molecule has 144 valence electrons. The average molecular weight is 429 g/mol. The molecule has 3 aromatic heterocycles. The number of carbonyl (C=O) groups excluding carboxylic acids is 1. The number of hydrogen-bond donors (Lipinski definition) is 1. The van der Waals surface area contributed by atoms with Crippen molar-refractivity contribution in [3.05, 3.63) is 69.1 Å². The molecule has 1 aromatic carbocycles. The van der Waals surface area contributed by atoms with Crippen molar-refractivity contribution < 1.29 is 9.21 Å². The standard InChI is InChI=1S/C21H20N2O2S3/c1-13(9-15-7-8-26-11-15)22-20(24)19-17(12-28-21-23-14(2)10-27-21)16-5-3-4-6-18(16)25-19/h3-8,10-11,13H,9,12H2,1-2H3,(H,22,24). The molecule has 0 aliphatic carbocycles. The van der Waals surface area contributed by atoms with Crippen LogP contribution >= 0.6 is 34.4 Å². The molecule has 1 amide bonds. The number of rotatable bonds is 7. The third-order valence-corrected chi connectivity index (χ3v) is 7.24. The Balaban J connectivity index is 1.55. The quantitative estimate of drug-likeness (QED) is 0.372. The minimum atomic E-state index is -0.162. The molecule has 4 aromatic rings. The lowest BCUT2D eigenvalue weighted by atomic mass is 10.1. The van der Waals surface area contributed by atoms with Crippen LogP contribution in [0.2, 0.25) is 0 Å². The maximum Gasteiger partial charge on any atom is 0.287 e. The monoisotopic (exact) mass is 428 g/mol. The van der Waals surface area contributed by atoms with Crippen LogP contribution in [-0.2, 0) is 12.2 Å². The van der Waals surface area contributed by atoms with E-state index in [1.165, 1.54) is 5.56 Å². The van der Waals surface area contributed by atoms with Gasteiger partial charge in [0.1, 0.15) is 9.92 Å². The number of thiazole rings is 1. The number of nitrogens with one attached hydrogen (secondary N) is 1. The zero-order chi connectivity index (χ0) is 19.5. The molecule has 0 radical (unpaired) electrons. The van der Waals surface area contributed by atoms with E-state index in [0.29, 0.717) is 11.5 Å². The van der Waals surface area contributed by atoms with Crippen LogP contribution in [0.3, 0.4) is 0 Å². The Morgan fingerprint density at radius 2 is 2.14 bits per heavy atom. The van der Waals surface area contributed by atoms with E-state index >= 15 is 0 Å². The van der Waals surface area contributed by atoms with E-state index in [0.717, 1.165) is 33.0 Å². The van der Waals surface area contributed by atoms with Crippen LogP contribution in [0.1, 0.15) is 34.3 Å². The normalized spacial score (nSPS) is 12.4. The van der Waals surface area contributed by atoms with Crippen molar-refractivity contribution in [1.29, 1.82) is 0 Å². The average Bonchev–Trinajstić information content (AvgIpc) is 3.40. The first-order valence-electron chi connectivity index (χ1n) is 8.97. The van der Waals surface area contributed by atoms with Crippen molar-refractivity contribution in [2.24, 2.45) is 0 Å². The number of fused-ring (bicyclic) bond motifs is 1. The first-order valence-corrected chi connectivity index (χ1v) is 11.8. The number of benzene rings is 1. The van der Waals surface area contributed by atoms with Gasteiger partial charge in [0.15, 0.2) is 5.76 Å². The molecule has 0 bridgehead atoms. The van der Waals surface area contributed by atoms with E-state index in [-0.39, 0.29) is 11.9 Å². The lowest BCUT2D eigenvalue weighted by Gasteiger charge is -2.12. The van der Waals surface area contributed by atoms with Crippen LogP contribution in [0, 0.1) is 6.92 Å². The SMILES string of the molecule is Cc1csc(SCc2c(C(=O)NC(C)Cc3ccsc3)oc3ccccc23)n1. The van der Waals surface area contributed by atoms with Crippen molar-refractivity contribution in [2.45, 2.75) is 36.4 Å². The number of amides is 1. The summed E-state index contributed by atoms with van der Waals surface area (Å²) in [5, 5.41) is 10.3. The molecule has 4 rings (SSSR count). The Morgan fingerprint density at radius 1 is 1.29 bits per heavy atom. The lowest BCUT2D eigenvalue weighted by molar-refractivity contribution is 0.0913. The highest BCUT2D eigenvalue weighted by Gasteiger charge is 2.22. The molecule has 7 heteroatoms. The minimum Gasteiger partial charge on any atom is -0.451 e. The predicted molar refractivity (Wildman–Crippen MR) is 118 cm³/mol. The van der Waals surface area contributed by atoms with Gasteiger partial charge in [-0.2, -0.15) is 11.3 Å². The summed E-state index contributed by atoms with van der Waals surface area (Å²) < 4.78 is 6.95. The van der Waals surface area contributed by atoms with Crippen molar-refractivity contribution in [1.82, 2.24) is 10.3 Å². The molecule has 0 saturated heterocycles. The number of nitrogens with zero attached hydrogens (tertiary/aromatic N) is 1. The van der Waals surface area contributed by atoms with Gasteiger partial charge in [-0.15, -0.1) is 11.3 Å². The highest BCUT2D eigenvalue weighted by molar-refractivity contribution is 8.00. The fraction of sp³-hybridized carbons (Fsp3) is 0.238. The van der Waals surface area contributed by atoms with Crippen LogP contribution in [0.15, 0.2) is 55.2 Å². The van der Waals surface area contributed by atoms with E-state index in [4.69, 9.17) is 4.42 Å². The number of furan rings is 1. The van der Waals surface area contributed by atoms with Crippen molar-refractivity contribution in [3.63, 3.8) is 0 Å². The van der Waals surface area contributed by atoms with Crippen LogP contribution in [0.4, 0.5) is 0 Å². The van der Waals surface area contributed by atoms with Crippen LogP contribution in [0.25, 0.3) is 11.0 Å². The highest BCUT2D eigenvalue weighted by atomic mass is 32.2. The Morgan fingerprint density at radius 3 is 2.89 bits per heavy atom. The fourth-order valence-corrected chi connectivity index (χ4v) is 5.62. The van der Waals surface area contributed by atoms with E-state index in [1.54, 1.807) is 34.4 Å². The summed E-state index contributed by atoms with van der Waals surface area (Å²) in [4.78, 5) is 17.5. The van der Waals surface area contributed by atoms with E-state index < -0.39 is 0 Å². The molecule has 0 aliphatic rings. The third kappa shape index (κ3) is 4.32. The zero-order valence-electron chi connectivity index (χ0n) is 15.6. The highest BCUT2D eigenvalue weighted by Crippen LogP contribution is 2.33. The molecule has 0 saturated carbocycles. The largest absolute Gasteiger partial charge is 0.451 e. The minimum absolute atomic E-state index is 0.0254. The van der Waals surface area contributed by atoms with Crippen LogP contribution < -0.4 is 5.32 Å². The maximum atomic E-state index is 13.0. The Bertz CT molecular complexity index is 1080. The summed E-state index contributed by atoms with van der Waals surface area (Å²) >= 11 is 4.93. The van der Waals surface area contributed by atoms with E-state index in [2.05, 4.69) is 27.1 Å². The van der Waals surface area contributed by atoms with E-state index in [9.17, 15) is 4.79 Å². The number of thiophene rings is 1. The van der Waals surface area contributed by atoms with Crippen molar-refractivity contribution in [3.8, 4) is 0 Å². The Kier molecular flexibility index (Phi) is 5.85. The summed E-state index contributed by atoms with van der Waals surface area (Å²) in [7, 11) is 0. The Labute approximate surface area is 176 Å². The molecular formula is C21H20N2O2S3. The molecule has 0 aliphatic heterocycles. The summed E-state index contributed by atoms with van der Waals surface area (Å²) in [6, 6.07) is 9.93. The van der Waals surface area contributed by atoms with Gasteiger partial charge >= 0.3 is 0 Å². The maximum absolute atomic E-state index is 13.0.